The maximum Gasteiger partial charge on any atom is 0.201 e. The number of phenols is 3. The molecule has 0 aliphatic heterocycles. The molecule has 0 atom stereocenters. The molecule has 2 aromatic carbocycles. The number of ketones is 1. The summed E-state index contributed by atoms with van der Waals surface area (Å²) >= 11 is 0. The molecule has 24 heavy (non-hydrogen) atoms. The Hall–Kier alpha value is -2.95. The number of carbonyl (C=O) groups is 1. The quantitative estimate of drug-likeness (QED) is 0.444. The van der Waals surface area contributed by atoms with Crippen molar-refractivity contribution >= 4 is 5.78 Å². The molecule has 2 aromatic rings. The molecule has 0 heterocycles. The van der Waals surface area contributed by atoms with Crippen molar-refractivity contribution in [1.29, 1.82) is 0 Å². The highest BCUT2D eigenvalue weighted by Gasteiger charge is 2.22. The zero-order valence-electron chi connectivity index (χ0n) is 13.8. The Morgan fingerprint density at radius 1 is 1.12 bits per heavy atom. The second-order valence-electron chi connectivity index (χ2n) is 5.68. The lowest BCUT2D eigenvalue weighted by Gasteiger charge is -2.14. The van der Waals surface area contributed by atoms with Crippen LogP contribution in [0.2, 0.25) is 0 Å². The largest absolute Gasteiger partial charge is 0.508 e. The molecule has 0 saturated heterocycles. The van der Waals surface area contributed by atoms with E-state index in [1.807, 2.05) is 19.9 Å². The molecule has 0 aliphatic carbocycles. The van der Waals surface area contributed by atoms with Gasteiger partial charge in [0.05, 0.1) is 12.7 Å². The van der Waals surface area contributed by atoms with Gasteiger partial charge in [0, 0.05) is 11.1 Å². The van der Waals surface area contributed by atoms with Gasteiger partial charge in [0.15, 0.2) is 17.3 Å². The van der Waals surface area contributed by atoms with Gasteiger partial charge in [0.2, 0.25) is 5.75 Å². The Morgan fingerprint density at radius 3 is 2.42 bits per heavy atom. The van der Waals surface area contributed by atoms with E-state index in [2.05, 4.69) is 0 Å². The molecule has 0 bridgehead atoms. The molecule has 5 heteroatoms. The van der Waals surface area contributed by atoms with Crippen molar-refractivity contribution in [2.24, 2.45) is 0 Å². The van der Waals surface area contributed by atoms with E-state index in [1.165, 1.54) is 37.4 Å². The van der Waals surface area contributed by atoms with Crippen LogP contribution in [-0.4, -0.2) is 28.2 Å². The van der Waals surface area contributed by atoms with Gasteiger partial charge in [-0.25, -0.2) is 0 Å². The molecule has 5 nitrogen and oxygen atoms in total. The SMILES string of the molecule is COc1c(CC=C(C)C)cc(C(=O)c2cccc(O)c2)c(O)c1O. The minimum atomic E-state index is -0.541. The average molecular weight is 328 g/mol. The maximum atomic E-state index is 12.6. The standard InChI is InChI=1S/C19H20O5/c1-11(2)7-8-13-10-15(17(22)18(23)19(13)24-3)16(21)12-5-4-6-14(20)9-12/h4-7,9-10,20,22-23H,8H2,1-3H3. The molecule has 0 spiro atoms. The summed E-state index contributed by atoms with van der Waals surface area (Å²) in [5, 5.41) is 29.9. The molecule has 0 fully saturated rings. The number of carbonyl (C=O) groups excluding carboxylic acids is 1. The number of phenolic OH excluding ortho intramolecular Hbond substituents is 3. The number of allylic oxidation sites excluding steroid dienone is 2. The first kappa shape index (κ1) is 17.4. The molecule has 0 unspecified atom stereocenters. The smallest absolute Gasteiger partial charge is 0.201 e. The van der Waals surface area contributed by atoms with E-state index in [-0.39, 0.29) is 22.6 Å². The Balaban J connectivity index is 2.57. The summed E-state index contributed by atoms with van der Waals surface area (Å²) in [5.41, 5.74) is 1.82. The number of methoxy groups -OCH3 is 1. The predicted octanol–water partition coefficient (Wildman–Crippen LogP) is 3.55. The maximum absolute atomic E-state index is 12.6. The fourth-order valence-corrected chi connectivity index (χ4v) is 2.36. The third-order valence-electron chi connectivity index (χ3n) is 3.59. The van der Waals surface area contributed by atoms with Crippen LogP contribution in [0.1, 0.15) is 35.3 Å². The molecule has 2 rings (SSSR count). The van der Waals surface area contributed by atoms with Gasteiger partial charge in [-0.3, -0.25) is 4.79 Å². The summed E-state index contributed by atoms with van der Waals surface area (Å²) in [6.45, 7) is 3.87. The molecule has 0 aliphatic rings. The van der Waals surface area contributed by atoms with E-state index >= 15 is 0 Å². The summed E-state index contributed by atoms with van der Waals surface area (Å²) in [5.74, 6) is -1.43. The molecule has 3 N–H and O–H groups in total. The van der Waals surface area contributed by atoms with Gasteiger partial charge < -0.3 is 20.1 Å². The van der Waals surface area contributed by atoms with Crippen molar-refractivity contribution in [1.82, 2.24) is 0 Å². The number of rotatable bonds is 5. The molecular weight excluding hydrogens is 308 g/mol. The second kappa shape index (κ2) is 7.08. The van der Waals surface area contributed by atoms with Crippen molar-refractivity contribution in [3.05, 3.63) is 58.7 Å². The van der Waals surface area contributed by atoms with Gasteiger partial charge in [-0.05, 0) is 38.5 Å². The van der Waals surface area contributed by atoms with Crippen LogP contribution < -0.4 is 4.74 Å². The minimum absolute atomic E-state index is 0.0453. The van der Waals surface area contributed by atoms with Gasteiger partial charge in [-0.15, -0.1) is 0 Å². The molecule has 0 aromatic heterocycles. The molecule has 126 valence electrons. The lowest BCUT2D eigenvalue weighted by molar-refractivity contribution is 0.103. The molecule has 0 saturated carbocycles. The van der Waals surface area contributed by atoms with Crippen molar-refractivity contribution < 1.29 is 24.9 Å². The molecule has 0 radical (unpaired) electrons. The molecule has 0 amide bonds. The Kier molecular flexibility index (Phi) is 5.14. The summed E-state index contributed by atoms with van der Waals surface area (Å²) in [7, 11) is 1.39. The number of hydrogen-bond donors (Lipinski definition) is 3. The highest BCUT2D eigenvalue weighted by Crippen LogP contribution is 2.42. The second-order valence-corrected chi connectivity index (χ2v) is 5.68. The van der Waals surface area contributed by atoms with Crippen LogP contribution in [0.15, 0.2) is 42.0 Å². The van der Waals surface area contributed by atoms with Crippen LogP contribution in [0, 0.1) is 0 Å². The third kappa shape index (κ3) is 3.51. The van der Waals surface area contributed by atoms with Crippen LogP contribution in [0.3, 0.4) is 0 Å². The van der Waals surface area contributed by atoms with Gasteiger partial charge in [-0.2, -0.15) is 0 Å². The highest BCUT2D eigenvalue weighted by atomic mass is 16.5. The van der Waals surface area contributed by atoms with Crippen LogP contribution >= 0.6 is 0 Å². The summed E-state index contributed by atoms with van der Waals surface area (Å²) < 4.78 is 5.16. The van der Waals surface area contributed by atoms with Crippen molar-refractivity contribution in [2.45, 2.75) is 20.3 Å². The first-order valence-corrected chi connectivity index (χ1v) is 7.44. The Morgan fingerprint density at radius 2 is 1.83 bits per heavy atom. The van der Waals surface area contributed by atoms with E-state index in [9.17, 15) is 20.1 Å². The van der Waals surface area contributed by atoms with Crippen LogP contribution in [0.4, 0.5) is 0 Å². The third-order valence-corrected chi connectivity index (χ3v) is 3.59. The Labute approximate surface area is 140 Å². The van der Waals surface area contributed by atoms with E-state index in [4.69, 9.17) is 4.74 Å². The van der Waals surface area contributed by atoms with Gasteiger partial charge in [-0.1, -0.05) is 23.8 Å². The summed E-state index contributed by atoms with van der Waals surface area (Å²) in [4.78, 5) is 12.6. The van der Waals surface area contributed by atoms with Crippen LogP contribution in [0.5, 0.6) is 23.0 Å². The average Bonchev–Trinajstić information content (AvgIpc) is 2.55. The van der Waals surface area contributed by atoms with Crippen LogP contribution in [-0.2, 0) is 6.42 Å². The van der Waals surface area contributed by atoms with E-state index in [0.717, 1.165) is 5.57 Å². The van der Waals surface area contributed by atoms with Gasteiger partial charge >= 0.3 is 0 Å². The zero-order valence-corrected chi connectivity index (χ0v) is 13.8. The topological polar surface area (TPSA) is 87.0 Å². The monoisotopic (exact) mass is 328 g/mol. The lowest BCUT2D eigenvalue weighted by atomic mass is 9.97. The fourth-order valence-electron chi connectivity index (χ4n) is 2.36. The minimum Gasteiger partial charge on any atom is -0.508 e. The van der Waals surface area contributed by atoms with Gasteiger partial charge in [0.25, 0.3) is 0 Å². The van der Waals surface area contributed by atoms with Crippen molar-refractivity contribution in [3.63, 3.8) is 0 Å². The summed E-state index contributed by atoms with van der Waals surface area (Å²) in [6, 6.07) is 7.31. The number of aromatic hydroxyl groups is 3. The lowest BCUT2D eigenvalue weighted by Crippen LogP contribution is -2.04. The van der Waals surface area contributed by atoms with Crippen LogP contribution in [0.25, 0.3) is 0 Å². The Bertz CT molecular complexity index is 802. The van der Waals surface area contributed by atoms with Gasteiger partial charge in [0.1, 0.15) is 5.75 Å². The van der Waals surface area contributed by atoms with Crippen molar-refractivity contribution in [3.8, 4) is 23.0 Å². The first-order valence-electron chi connectivity index (χ1n) is 7.44. The summed E-state index contributed by atoms with van der Waals surface area (Å²) in [6.07, 6.45) is 2.37. The fraction of sp³-hybridized carbons (Fsp3) is 0.211. The van der Waals surface area contributed by atoms with E-state index in [1.54, 1.807) is 0 Å². The first-order chi connectivity index (χ1) is 11.3. The normalized spacial score (nSPS) is 10.3. The zero-order chi connectivity index (χ0) is 17.9. The highest BCUT2D eigenvalue weighted by molar-refractivity contribution is 6.11. The van der Waals surface area contributed by atoms with E-state index in [0.29, 0.717) is 12.0 Å². The van der Waals surface area contributed by atoms with E-state index < -0.39 is 17.3 Å². The number of ether oxygens (including phenoxy) is 1. The number of benzene rings is 2. The predicted molar refractivity (Wildman–Crippen MR) is 91.0 cm³/mol. The van der Waals surface area contributed by atoms with Crippen molar-refractivity contribution in [2.75, 3.05) is 7.11 Å². The molecular formula is C19H20O5. The number of hydrogen-bond acceptors (Lipinski definition) is 5.